The van der Waals surface area contributed by atoms with Crippen LogP contribution in [0.2, 0.25) is 5.02 Å². The standard InChI is InChI=1S/C14H18ClN3/c1-14(2,3)17-9-11-4-5-13(12(15)8-11)18-7-6-16-10-18/h4-8,10,17H,9H2,1-3H3. The Balaban J connectivity index is 2.15. The van der Waals surface area contributed by atoms with Crippen LogP contribution in [0.4, 0.5) is 0 Å². The molecular weight excluding hydrogens is 246 g/mol. The summed E-state index contributed by atoms with van der Waals surface area (Å²) in [5.41, 5.74) is 2.24. The predicted octanol–water partition coefficient (Wildman–Crippen LogP) is 3.41. The summed E-state index contributed by atoms with van der Waals surface area (Å²) in [5, 5.41) is 4.18. The van der Waals surface area contributed by atoms with Crippen LogP contribution in [-0.2, 0) is 6.54 Å². The molecule has 1 N–H and O–H groups in total. The second kappa shape index (κ2) is 5.12. The predicted molar refractivity (Wildman–Crippen MR) is 75.2 cm³/mol. The van der Waals surface area contributed by atoms with Crippen molar-refractivity contribution in [2.24, 2.45) is 0 Å². The third-order valence-corrected chi connectivity index (χ3v) is 2.92. The second-order valence-electron chi connectivity index (χ2n) is 5.36. The van der Waals surface area contributed by atoms with Crippen molar-refractivity contribution in [1.29, 1.82) is 0 Å². The molecule has 0 amide bonds. The molecule has 2 rings (SSSR count). The zero-order valence-electron chi connectivity index (χ0n) is 10.9. The largest absolute Gasteiger partial charge is 0.308 e. The molecule has 0 fully saturated rings. The highest BCUT2D eigenvalue weighted by molar-refractivity contribution is 6.32. The fourth-order valence-electron chi connectivity index (χ4n) is 1.64. The highest BCUT2D eigenvalue weighted by atomic mass is 35.5. The topological polar surface area (TPSA) is 29.9 Å². The maximum absolute atomic E-state index is 6.29. The van der Waals surface area contributed by atoms with Crippen LogP contribution in [0, 0.1) is 0 Å². The number of hydrogen-bond donors (Lipinski definition) is 1. The lowest BCUT2D eigenvalue weighted by atomic mass is 10.1. The molecule has 0 atom stereocenters. The van der Waals surface area contributed by atoms with E-state index in [-0.39, 0.29) is 5.54 Å². The second-order valence-corrected chi connectivity index (χ2v) is 5.77. The number of imidazole rings is 1. The molecule has 3 nitrogen and oxygen atoms in total. The number of rotatable bonds is 3. The van der Waals surface area contributed by atoms with Crippen LogP contribution in [0.3, 0.4) is 0 Å². The van der Waals surface area contributed by atoms with Gasteiger partial charge in [0.2, 0.25) is 0 Å². The highest BCUT2D eigenvalue weighted by Crippen LogP contribution is 2.22. The zero-order chi connectivity index (χ0) is 13.2. The van der Waals surface area contributed by atoms with E-state index in [1.165, 1.54) is 5.56 Å². The molecule has 0 saturated heterocycles. The zero-order valence-corrected chi connectivity index (χ0v) is 11.7. The molecule has 0 aliphatic heterocycles. The van der Waals surface area contributed by atoms with E-state index >= 15 is 0 Å². The van der Waals surface area contributed by atoms with Gasteiger partial charge < -0.3 is 9.88 Å². The van der Waals surface area contributed by atoms with E-state index in [2.05, 4.69) is 37.1 Å². The van der Waals surface area contributed by atoms with E-state index in [9.17, 15) is 0 Å². The molecule has 0 bridgehead atoms. The van der Waals surface area contributed by atoms with Gasteiger partial charge in [-0.2, -0.15) is 0 Å². The van der Waals surface area contributed by atoms with Gasteiger partial charge in [-0.1, -0.05) is 17.7 Å². The van der Waals surface area contributed by atoms with Gasteiger partial charge in [0.1, 0.15) is 0 Å². The lowest BCUT2D eigenvalue weighted by molar-refractivity contribution is 0.424. The molecule has 4 heteroatoms. The summed E-state index contributed by atoms with van der Waals surface area (Å²) in [6.45, 7) is 7.25. The third kappa shape index (κ3) is 3.34. The van der Waals surface area contributed by atoms with Crippen LogP contribution in [0.5, 0.6) is 0 Å². The first-order valence-corrected chi connectivity index (χ1v) is 6.35. The molecule has 0 aliphatic rings. The maximum Gasteiger partial charge on any atom is 0.0992 e. The van der Waals surface area contributed by atoms with Crippen molar-refractivity contribution in [3.63, 3.8) is 0 Å². The molecular formula is C14H18ClN3. The Morgan fingerprint density at radius 2 is 2.11 bits per heavy atom. The summed E-state index contributed by atoms with van der Waals surface area (Å²) in [5.74, 6) is 0. The highest BCUT2D eigenvalue weighted by Gasteiger charge is 2.09. The van der Waals surface area contributed by atoms with E-state index in [1.807, 2.05) is 22.9 Å². The normalized spacial score (nSPS) is 11.8. The summed E-state index contributed by atoms with van der Waals surface area (Å²) in [7, 11) is 0. The molecule has 96 valence electrons. The summed E-state index contributed by atoms with van der Waals surface area (Å²) in [6.07, 6.45) is 5.37. The van der Waals surface area contributed by atoms with Gasteiger partial charge in [-0.3, -0.25) is 0 Å². The average Bonchev–Trinajstić information content (AvgIpc) is 2.79. The summed E-state index contributed by atoms with van der Waals surface area (Å²) in [6, 6.07) is 6.10. The minimum absolute atomic E-state index is 0.107. The van der Waals surface area contributed by atoms with Crippen molar-refractivity contribution in [3.05, 3.63) is 47.5 Å². The first-order valence-electron chi connectivity index (χ1n) is 5.97. The van der Waals surface area contributed by atoms with E-state index in [4.69, 9.17) is 11.6 Å². The quantitative estimate of drug-likeness (QED) is 0.920. The number of nitrogens with one attached hydrogen (secondary N) is 1. The first kappa shape index (κ1) is 13.1. The van der Waals surface area contributed by atoms with Crippen molar-refractivity contribution in [2.75, 3.05) is 0 Å². The molecule has 1 aromatic heterocycles. The van der Waals surface area contributed by atoms with Gasteiger partial charge in [-0.05, 0) is 38.5 Å². The van der Waals surface area contributed by atoms with Crippen molar-refractivity contribution >= 4 is 11.6 Å². The molecule has 0 spiro atoms. The Labute approximate surface area is 113 Å². The molecule has 1 aromatic carbocycles. The summed E-state index contributed by atoms with van der Waals surface area (Å²) in [4.78, 5) is 4.02. The lowest BCUT2D eigenvalue weighted by Crippen LogP contribution is -2.35. The van der Waals surface area contributed by atoms with Crippen molar-refractivity contribution in [3.8, 4) is 5.69 Å². The van der Waals surface area contributed by atoms with E-state index in [0.29, 0.717) is 0 Å². The summed E-state index contributed by atoms with van der Waals surface area (Å²) >= 11 is 6.29. The van der Waals surface area contributed by atoms with Crippen molar-refractivity contribution in [1.82, 2.24) is 14.9 Å². The number of aromatic nitrogens is 2. The van der Waals surface area contributed by atoms with Gasteiger partial charge in [-0.25, -0.2) is 4.98 Å². The Morgan fingerprint density at radius 1 is 1.33 bits per heavy atom. The van der Waals surface area contributed by atoms with Crippen LogP contribution in [0.15, 0.2) is 36.9 Å². The number of nitrogens with zero attached hydrogens (tertiary/aromatic N) is 2. The number of halogens is 1. The van der Waals surface area contributed by atoms with Gasteiger partial charge in [0.05, 0.1) is 17.0 Å². The van der Waals surface area contributed by atoms with Gasteiger partial charge in [0.25, 0.3) is 0 Å². The van der Waals surface area contributed by atoms with E-state index in [1.54, 1.807) is 12.5 Å². The van der Waals surface area contributed by atoms with Gasteiger partial charge in [0, 0.05) is 24.5 Å². The van der Waals surface area contributed by atoms with Crippen LogP contribution in [0.25, 0.3) is 5.69 Å². The Morgan fingerprint density at radius 3 is 2.67 bits per heavy atom. The maximum atomic E-state index is 6.29. The van der Waals surface area contributed by atoms with Gasteiger partial charge >= 0.3 is 0 Å². The minimum atomic E-state index is 0.107. The van der Waals surface area contributed by atoms with E-state index < -0.39 is 0 Å². The molecule has 0 saturated carbocycles. The van der Waals surface area contributed by atoms with Gasteiger partial charge in [0.15, 0.2) is 0 Å². The molecule has 0 unspecified atom stereocenters. The monoisotopic (exact) mass is 263 g/mol. The molecule has 18 heavy (non-hydrogen) atoms. The Kier molecular flexibility index (Phi) is 3.73. The van der Waals surface area contributed by atoms with Crippen LogP contribution in [-0.4, -0.2) is 15.1 Å². The van der Waals surface area contributed by atoms with Crippen LogP contribution >= 0.6 is 11.6 Å². The molecule has 1 heterocycles. The fraction of sp³-hybridized carbons (Fsp3) is 0.357. The Hall–Kier alpha value is -1.32. The van der Waals surface area contributed by atoms with Crippen molar-refractivity contribution < 1.29 is 0 Å². The molecule has 0 aliphatic carbocycles. The Bertz CT molecular complexity index is 512. The first-order chi connectivity index (χ1) is 8.46. The lowest BCUT2D eigenvalue weighted by Gasteiger charge is -2.20. The summed E-state index contributed by atoms with van der Waals surface area (Å²) < 4.78 is 1.91. The minimum Gasteiger partial charge on any atom is -0.308 e. The number of benzene rings is 1. The molecule has 2 aromatic rings. The van der Waals surface area contributed by atoms with E-state index in [0.717, 1.165) is 17.3 Å². The van der Waals surface area contributed by atoms with Crippen molar-refractivity contribution in [2.45, 2.75) is 32.9 Å². The average molecular weight is 264 g/mol. The number of hydrogen-bond acceptors (Lipinski definition) is 2. The smallest absolute Gasteiger partial charge is 0.0992 e. The third-order valence-electron chi connectivity index (χ3n) is 2.62. The SMILES string of the molecule is CC(C)(C)NCc1ccc(-n2ccnc2)c(Cl)c1. The van der Waals surface area contributed by atoms with Crippen LogP contribution in [0.1, 0.15) is 26.3 Å². The fourth-order valence-corrected chi connectivity index (χ4v) is 1.94. The van der Waals surface area contributed by atoms with Crippen LogP contribution < -0.4 is 5.32 Å². The van der Waals surface area contributed by atoms with Gasteiger partial charge in [-0.15, -0.1) is 0 Å². The molecule has 0 radical (unpaired) electrons.